The Balaban J connectivity index is 1.98. The van der Waals surface area contributed by atoms with Crippen molar-refractivity contribution in [3.8, 4) is 0 Å². The summed E-state index contributed by atoms with van der Waals surface area (Å²) in [5, 5.41) is 11.9. The Morgan fingerprint density at radius 1 is 0.933 bits per heavy atom. The van der Waals surface area contributed by atoms with E-state index in [1.54, 1.807) is 0 Å². The van der Waals surface area contributed by atoms with Crippen molar-refractivity contribution in [3.63, 3.8) is 0 Å². The maximum atomic E-state index is 14.4. The van der Waals surface area contributed by atoms with Crippen molar-refractivity contribution < 1.29 is 14.2 Å². The van der Waals surface area contributed by atoms with Gasteiger partial charge in [0.2, 0.25) is 0 Å². The summed E-state index contributed by atoms with van der Waals surface area (Å²) >= 11 is 0. The predicted octanol–water partition coefficient (Wildman–Crippen LogP) is 6.88. The fourth-order valence-electron chi connectivity index (χ4n) is 4.58. The van der Waals surface area contributed by atoms with Gasteiger partial charge in [-0.3, -0.25) is 4.57 Å². The summed E-state index contributed by atoms with van der Waals surface area (Å²) in [7, 11) is -3.54. The van der Waals surface area contributed by atoms with Gasteiger partial charge in [0.05, 0.1) is 6.10 Å². The van der Waals surface area contributed by atoms with Gasteiger partial charge in [0.1, 0.15) is 0 Å². The first-order valence-corrected chi connectivity index (χ1v) is 13.0. The Labute approximate surface area is 182 Å². The lowest BCUT2D eigenvalue weighted by Crippen LogP contribution is -2.35. The molecule has 30 heavy (non-hydrogen) atoms. The van der Waals surface area contributed by atoms with Gasteiger partial charge in [-0.1, -0.05) is 83.5 Å². The molecule has 1 fully saturated rings. The third-order valence-electron chi connectivity index (χ3n) is 6.59. The summed E-state index contributed by atoms with van der Waals surface area (Å²) < 4.78 is 20.9. The Kier molecular flexibility index (Phi) is 7.61. The van der Waals surface area contributed by atoms with Gasteiger partial charge >= 0.3 is 0 Å². The van der Waals surface area contributed by atoms with Crippen molar-refractivity contribution in [1.82, 2.24) is 0 Å². The van der Waals surface area contributed by atoms with Crippen LogP contribution in [0.5, 0.6) is 0 Å². The average molecular weight is 429 g/mol. The molecule has 1 aliphatic rings. The highest BCUT2D eigenvalue weighted by Crippen LogP contribution is 2.60. The summed E-state index contributed by atoms with van der Waals surface area (Å²) in [6.07, 6.45) is 3.04. The number of aliphatic hydroxyl groups excluding tert-OH is 1. The number of rotatable bonds is 7. The zero-order valence-electron chi connectivity index (χ0n) is 19.0. The lowest BCUT2D eigenvalue weighted by Gasteiger charge is -2.39. The summed E-state index contributed by atoms with van der Waals surface area (Å²) in [6, 6.07) is 17.1. The van der Waals surface area contributed by atoms with Crippen LogP contribution in [0.15, 0.2) is 54.6 Å². The molecule has 2 aromatic rings. The van der Waals surface area contributed by atoms with Crippen LogP contribution < -0.4 is 5.30 Å². The van der Waals surface area contributed by atoms with Gasteiger partial charge in [-0.15, -0.1) is 0 Å². The standard InChI is InChI=1S/C26H37O3P/c1-18(2)21-12-14-22(15-13-21)26(27)30(28,23-9-7-6-8-10-23)29-25-17-20(5)11-16-24(25)19(3)4/h6-10,12-15,18-20,24-27H,11,16-17H2,1-5H3/t20-,24+,25-,26+,30?/m1/s1. The second-order valence-electron chi connectivity index (χ2n) is 9.60. The van der Waals surface area contributed by atoms with Gasteiger partial charge in [0.25, 0.3) is 7.37 Å². The topological polar surface area (TPSA) is 46.5 Å². The predicted molar refractivity (Wildman–Crippen MR) is 125 cm³/mol. The number of hydrogen-bond acceptors (Lipinski definition) is 3. The average Bonchev–Trinajstić information content (AvgIpc) is 2.73. The molecule has 1 unspecified atom stereocenters. The molecule has 1 aliphatic carbocycles. The minimum absolute atomic E-state index is 0.107. The molecule has 1 N–H and O–H groups in total. The Morgan fingerprint density at radius 3 is 2.10 bits per heavy atom. The molecule has 3 rings (SSSR count). The van der Waals surface area contributed by atoms with Crippen molar-refractivity contribution in [1.29, 1.82) is 0 Å². The Bertz CT molecular complexity index is 844. The maximum Gasteiger partial charge on any atom is 0.264 e. The molecule has 5 atom stereocenters. The SMILES string of the molecule is CC(C)c1ccc([C@@H](O)P(=O)(O[C@@H]2C[C@H](C)CC[C@H]2C(C)C)c2ccccc2)cc1. The number of aliphatic hydroxyl groups is 1. The summed E-state index contributed by atoms with van der Waals surface area (Å²) in [4.78, 5) is 0. The molecule has 0 saturated heterocycles. The summed E-state index contributed by atoms with van der Waals surface area (Å²) in [6.45, 7) is 10.9. The van der Waals surface area contributed by atoms with Crippen LogP contribution in [0, 0.1) is 17.8 Å². The van der Waals surface area contributed by atoms with Gasteiger partial charge in [0, 0.05) is 5.30 Å². The molecule has 1 saturated carbocycles. The first kappa shape index (κ1) is 23.3. The molecule has 0 spiro atoms. The highest BCUT2D eigenvalue weighted by Gasteiger charge is 2.42. The van der Waals surface area contributed by atoms with Gasteiger partial charge in [-0.2, -0.15) is 0 Å². The number of benzene rings is 2. The molecule has 164 valence electrons. The van der Waals surface area contributed by atoms with E-state index in [4.69, 9.17) is 4.52 Å². The molecule has 4 heteroatoms. The van der Waals surface area contributed by atoms with Crippen LogP contribution in [-0.2, 0) is 9.09 Å². The van der Waals surface area contributed by atoms with E-state index in [2.05, 4.69) is 34.6 Å². The van der Waals surface area contributed by atoms with Crippen LogP contribution in [0.4, 0.5) is 0 Å². The van der Waals surface area contributed by atoms with Crippen molar-refractivity contribution in [2.75, 3.05) is 0 Å². The highest BCUT2D eigenvalue weighted by atomic mass is 31.2. The molecule has 0 bridgehead atoms. The van der Waals surface area contributed by atoms with E-state index in [0.717, 1.165) is 12.8 Å². The van der Waals surface area contributed by atoms with Crippen LogP contribution in [0.25, 0.3) is 0 Å². The fourth-order valence-corrected chi connectivity index (χ4v) is 6.90. The van der Waals surface area contributed by atoms with Crippen molar-refractivity contribution in [2.45, 2.75) is 71.7 Å². The second kappa shape index (κ2) is 9.81. The zero-order chi connectivity index (χ0) is 21.9. The fraction of sp³-hybridized carbons (Fsp3) is 0.538. The summed E-state index contributed by atoms with van der Waals surface area (Å²) in [5.74, 6) is 0.578. The van der Waals surface area contributed by atoms with E-state index in [-0.39, 0.29) is 6.10 Å². The Morgan fingerprint density at radius 2 is 1.53 bits per heavy atom. The minimum Gasteiger partial charge on any atom is -0.378 e. The Hall–Kier alpha value is -1.41. The molecule has 0 heterocycles. The molecule has 3 nitrogen and oxygen atoms in total. The second-order valence-corrected chi connectivity index (χ2v) is 12.0. The van der Waals surface area contributed by atoms with Gasteiger partial charge in [0.15, 0.2) is 5.85 Å². The van der Waals surface area contributed by atoms with E-state index in [9.17, 15) is 9.67 Å². The van der Waals surface area contributed by atoms with Crippen LogP contribution in [0.1, 0.15) is 76.8 Å². The van der Waals surface area contributed by atoms with E-state index >= 15 is 0 Å². The largest absolute Gasteiger partial charge is 0.378 e. The number of hydrogen-bond donors (Lipinski definition) is 1. The first-order valence-electron chi connectivity index (χ1n) is 11.3. The highest BCUT2D eigenvalue weighted by molar-refractivity contribution is 7.67. The summed E-state index contributed by atoms with van der Waals surface area (Å²) in [5.41, 5.74) is 1.85. The lowest BCUT2D eigenvalue weighted by atomic mass is 9.75. The van der Waals surface area contributed by atoms with Crippen molar-refractivity contribution in [2.24, 2.45) is 17.8 Å². The molecule has 0 aliphatic heterocycles. The molecule has 0 aromatic heterocycles. The van der Waals surface area contributed by atoms with Gasteiger partial charge < -0.3 is 9.63 Å². The monoisotopic (exact) mass is 428 g/mol. The zero-order valence-corrected chi connectivity index (χ0v) is 19.9. The molecule has 0 radical (unpaired) electrons. The quantitative estimate of drug-likeness (QED) is 0.489. The smallest absolute Gasteiger partial charge is 0.264 e. The van der Waals surface area contributed by atoms with Crippen LogP contribution >= 0.6 is 7.37 Å². The minimum atomic E-state index is -3.54. The third-order valence-corrected chi connectivity index (χ3v) is 9.14. The van der Waals surface area contributed by atoms with E-state index < -0.39 is 13.2 Å². The van der Waals surface area contributed by atoms with Crippen molar-refractivity contribution in [3.05, 3.63) is 65.7 Å². The van der Waals surface area contributed by atoms with Crippen LogP contribution in [0.2, 0.25) is 0 Å². The van der Waals surface area contributed by atoms with Crippen LogP contribution in [-0.4, -0.2) is 11.2 Å². The molecule has 0 amide bonds. The third kappa shape index (κ3) is 5.07. The van der Waals surface area contributed by atoms with E-state index in [0.29, 0.717) is 34.5 Å². The van der Waals surface area contributed by atoms with E-state index in [1.165, 1.54) is 12.0 Å². The maximum absolute atomic E-state index is 14.4. The van der Waals surface area contributed by atoms with E-state index in [1.807, 2.05) is 54.6 Å². The molecular formula is C26H37O3P. The lowest BCUT2D eigenvalue weighted by molar-refractivity contribution is 0.0427. The van der Waals surface area contributed by atoms with Crippen molar-refractivity contribution >= 4 is 12.7 Å². The normalized spacial score (nSPS) is 25.3. The van der Waals surface area contributed by atoms with Gasteiger partial charge in [-0.05, 0) is 59.8 Å². The van der Waals surface area contributed by atoms with Crippen LogP contribution in [0.3, 0.4) is 0 Å². The molecule has 2 aromatic carbocycles. The first-order chi connectivity index (χ1) is 14.2. The molecular weight excluding hydrogens is 391 g/mol. The van der Waals surface area contributed by atoms with Gasteiger partial charge in [-0.25, -0.2) is 0 Å².